The fraction of sp³-hybridized carbons (Fsp3) is 0.125. The normalized spacial score (nSPS) is 10.7. The van der Waals surface area contributed by atoms with Crippen LogP contribution in [-0.2, 0) is 0 Å². The minimum Gasteiger partial charge on any atom is -0.495 e. The average molecular weight is 316 g/mol. The van der Waals surface area contributed by atoms with Crippen molar-refractivity contribution in [3.63, 3.8) is 0 Å². The lowest BCUT2D eigenvalue weighted by Crippen LogP contribution is -2.16. The number of halogens is 1. The van der Waals surface area contributed by atoms with Crippen LogP contribution in [0.2, 0.25) is 5.02 Å². The topological polar surface area (TPSA) is 55.6 Å². The number of pyridine rings is 1. The molecule has 3 rings (SSSR count). The molecule has 1 amide bonds. The standard InChI is InChI=1S/C16H14ClN3O2/c1-10-15(20-8-4-3-5-14(20)18-10)16(21)19-12-9-11(17)6-7-13(12)22-2/h3-9H,1-2H3,(H,19,21). The summed E-state index contributed by atoms with van der Waals surface area (Å²) < 4.78 is 6.99. The molecule has 2 heterocycles. The van der Waals surface area contributed by atoms with Gasteiger partial charge in [0.2, 0.25) is 0 Å². The maximum Gasteiger partial charge on any atom is 0.274 e. The summed E-state index contributed by atoms with van der Waals surface area (Å²) in [6.07, 6.45) is 1.81. The monoisotopic (exact) mass is 315 g/mol. The largest absolute Gasteiger partial charge is 0.495 e. The third-order valence-corrected chi connectivity index (χ3v) is 3.56. The van der Waals surface area contributed by atoms with Gasteiger partial charge in [0.25, 0.3) is 5.91 Å². The summed E-state index contributed by atoms with van der Waals surface area (Å²) >= 11 is 5.98. The van der Waals surface area contributed by atoms with E-state index in [4.69, 9.17) is 16.3 Å². The number of hydrogen-bond acceptors (Lipinski definition) is 3. The summed E-state index contributed by atoms with van der Waals surface area (Å²) in [5, 5.41) is 3.35. The smallest absolute Gasteiger partial charge is 0.274 e. The second-order valence-corrected chi connectivity index (χ2v) is 5.21. The van der Waals surface area contributed by atoms with Crippen LogP contribution in [0.3, 0.4) is 0 Å². The van der Waals surface area contributed by atoms with Crippen LogP contribution in [0.15, 0.2) is 42.6 Å². The molecule has 2 aromatic heterocycles. The number of carbonyl (C=O) groups excluding carboxylic acids is 1. The summed E-state index contributed by atoms with van der Waals surface area (Å²) in [6.45, 7) is 1.80. The number of methoxy groups -OCH3 is 1. The molecule has 112 valence electrons. The van der Waals surface area contributed by atoms with E-state index in [-0.39, 0.29) is 5.91 Å². The Hall–Kier alpha value is -2.53. The number of carbonyl (C=O) groups is 1. The molecule has 6 heteroatoms. The Kier molecular flexibility index (Phi) is 3.73. The maximum absolute atomic E-state index is 12.6. The Morgan fingerprint density at radius 1 is 1.32 bits per heavy atom. The summed E-state index contributed by atoms with van der Waals surface area (Å²) in [5.74, 6) is 0.279. The van der Waals surface area contributed by atoms with Crippen molar-refractivity contribution in [2.24, 2.45) is 0 Å². The van der Waals surface area contributed by atoms with E-state index < -0.39 is 0 Å². The van der Waals surface area contributed by atoms with E-state index in [9.17, 15) is 4.79 Å². The van der Waals surface area contributed by atoms with Gasteiger partial charge >= 0.3 is 0 Å². The zero-order valence-electron chi connectivity index (χ0n) is 12.1. The van der Waals surface area contributed by atoms with Crippen molar-refractivity contribution in [2.45, 2.75) is 6.92 Å². The fourth-order valence-corrected chi connectivity index (χ4v) is 2.52. The molecule has 0 atom stereocenters. The predicted octanol–water partition coefficient (Wildman–Crippen LogP) is 3.56. The number of aromatic nitrogens is 2. The van der Waals surface area contributed by atoms with Crippen LogP contribution < -0.4 is 10.1 Å². The van der Waals surface area contributed by atoms with Gasteiger partial charge in [0.1, 0.15) is 17.1 Å². The molecule has 3 aromatic rings. The van der Waals surface area contributed by atoms with Crippen LogP contribution in [-0.4, -0.2) is 22.4 Å². The number of hydrogen-bond donors (Lipinski definition) is 1. The second kappa shape index (κ2) is 5.69. The zero-order valence-corrected chi connectivity index (χ0v) is 12.9. The number of ether oxygens (including phenoxy) is 1. The highest BCUT2D eigenvalue weighted by atomic mass is 35.5. The van der Waals surface area contributed by atoms with Crippen LogP contribution in [0.4, 0.5) is 5.69 Å². The zero-order chi connectivity index (χ0) is 15.7. The van der Waals surface area contributed by atoms with Crippen LogP contribution >= 0.6 is 11.6 Å². The summed E-state index contributed by atoms with van der Waals surface area (Å²) in [6, 6.07) is 10.6. The van der Waals surface area contributed by atoms with Gasteiger partial charge in [-0.3, -0.25) is 9.20 Å². The molecule has 0 saturated carbocycles. The highest BCUT2D eigenvalue weighted by molar-refractivity contribution is 6.31. The van der Waals surface area contributed by atoms with Crippen molar-refractivity contribution >= 4 is 28.8 Å². The van der Waals surface area contributed by atoms with Gasteiger partial charge in [-0.2, -0.15) is 0 Å². The Bertz CT molecular complexity index is 858. The molecule has 0 fully saturated rings. The van der Waals surface area contributed by atoms with Crippen molar-refractivity contribution < 1.29 is 9.53 Å². The fourth-order valence-electron chi connectivity index (χ4n) is 2.35. The highest BCUT2D eigenvalue weighted by Gasteiger charge is 2.18. The summed E-state index contributed by atoms with van der Waals surface area (Å²) in [4.78, 5) is 17.0. The first kappa shape index (κ1) is 14.4. The van der Waals surface area contributed by atoms with E-state index in [0.717, 1.165) is 5.65 Å². The van der Waals surface area contributed by atoms with E-state index in [1.807, 2.05) is 18.2 Å². The number of rotatable bonds is 3. The minimum absolute atomic E-state index is 0.267. The second-order valence-electron chi connectivity index (χ2n) is 4.77. The SMILES string of the molecule is COc1ccc(Cl)cc1NC(=O)c1c(C)nc2ccccn12. The molecule has 1 aromatic carbocycles. The van der Waals surface area contributed by atoms with Gasteiger partial charge in [-0.05, 0) is 37.3 Å². The molecule has 1 N–H and O–H groups in total. The van der Waals surface area contributed by atoms with Gasteiger partial charge < -0.3 is 10.1 Å². The van der Waals surface area contributed by atoms with Gasteiger partial charge in [0.15, 0.2) is 0 Å². The number of imidazole rings is 1. The molecule has 5 nitrogen and oxygen atoms in total. The van der Waals surface area contributed by atoms with Gasteiger partial charge in [-0.1, -0.05) is 17.7 Å². The lowest BCUT2D eigenvalue weighted by atomic mass is 10.2. The van der Waals surface area contributed by atoms with Crippen molar-refractivity contribution in [3.05, 3.63) is 59.0 Å². The number of nitrogens with one attached hydrogen (secondary N) is 1. The van der Waals surface area contributed by atoms with E-state index in [1.165, 1.54) is 0 Å². The van der Waals surface area contributed by atoms with Crippen molar-refractivity contribution in [1.29, 1.82) is 0 Å². The first-order valence-corrected chi connectivity index (χ1v) is 7.06. The molecule has 0 saturated heterocycles. The van der Waals surface area contributed by atoms with Crippen molar-refractivity contribution in [1.82, 2.24) is 9.38 Å². The van der Waals surface area contributed by atoms with Crippen LogP contribution in [0.5, 0.6) is 5.75 Å². The molecule has 0 bridgehead atoms. The quantitative estimate of drug-likeness (QED) is 0.804. The van der Waals surface area contributed by atoms with Crippen LogP contribution in [0.25, 0.3) is 5.65 Å². The molecule has 0 aliphatic carbocycles. The van der Waals surface area contributed by atoms with Gasteiger partial charge in [-0.25, -0.2) is 4.98 Å². The molecule has 0 aliphatic heterocycles. The van der Waals surface area contributed by atoms with Gasteiger partial charge in [0.05, 0.1) is 18.5 Å². The Morgan fingerprint density at radius 2 is 2.14 bits per heavy atom. The number of nitrogens with zero attached hydrogens (tertiary/aromatic N) is 2. The molecular weight excluding hydrogens is 302 g/mol. The molecule has 0 radical (unpaired) electrons. The highest BCUT2D eigenvalue weighted by Crippen LogP contribution is 2.28. The van der Waals surface area contributed by atoms with E-state index in [2.05, 4.69) is 10.3 Å². The summed E-state index contributed by atoms with van der Waals surface area (Å²) in [5.41, 5.74) is 2.39. The number of amides is 1. The minimum atomic E-state index is -0.267. The number of fused-ring (bicyclic) bond motifs is 1. The Balaban J connectivity index is 2.01. The molecule has 0 unspecified atom stereocenters. The molecule has 22 heavy (non-hydrogen) atoms. The summed E-state index contributed by atoms with van der Waals surface area (Å²) in [7, 11) is 1.54. The van der Waals surface area contributed by atoms with Gasteiger partial charge in [-0.15, -0.1) is 0 Å². The lowest BCUT2D eigenvalue weighted by molar-refractivity contribution is 0.102. The van der Waals surface area contributed by atoms with Crippen molar-refractivity contribution in [2.75, 3.05) is 12.4 Å². The van der Waals surface area contributed by atoms with Crippen LogP contribution in [0.1, 0.15) is 16.2 Å². The van der Waals surface area contributed by atoms with E-state index in [1.54, 1.807) is 42.8 Å². The van der Waals surface area contributed by atoms with E-state index in [0.29, 0.717) is 27.8 Å². The molecule has 0 spiro atoms. The molecular formula is C16H14ClN3O2. The molecule has 0 aliphatic rings. The third kappa shape index (κ3) is 2.51. The van der Waals surface area contributed by atoms with E-state index >= 15 is 0 Å². The number of aryl methyl sites for hydroxylation is 1. The average Bonchev–Trinajstić information content (AvgIpc) is 2.83. The maximum atomic E-state index is 12.6. The first-order chi connectivity index (χ1) is 10.6. The van der Waals surface area contributed by atoms with Crippen LogP contribution in [0, 0.1) is 6.92 Å². The Labute approximate surface area is 132 Å². The first-order valence-electron chi connectivity index (χ1n) is 6.68. The Morgan fingerprint density at radius 3 is 2.91 bits per heavy atom. The van der Waals surface area contributed by atoms with Crippen molar-refractivity contribution in [3.8, 4) is 5.75 Å². The lowest BCUT2D eigenvalue weighted by Gasteiger charge is -2.10. The third-order valence-electron chi connectivity index (χ3n) is 3.33. The predicted molar refractivity (Wildman–Crippen MR) is 85.9 cm³/mol. The van der Waals surface area contributed by atoms with Gasteiger partial charge in [0, 0.05) is 11.2 Å². The number of anilines is 1. The number of benzene rings is 1.